The van der Waals surface area contributed by atoms with E-state index in [-0.39, 0.29) is 18.4 Å². The summed E-state index contributed by atoms with van der Waals surface area (Å²) in [6.07, 6.45) is 1.55. The van der Waals surface area contributed by atoms with Gasteiger partial charge in [0.1, 0.15) is 0 Å². The molecule has 0 unspecified atom stereocenters. The maximum atomic E-state index is 7.61. The van der Waals surface area contributed by atoms with Crippen LogP contribution in [0.3, 0.4) is 0 Å². The fraction of sp³-hybridized carbons (Fsp3) is 0.143. The number of benzene rings is 1. The fourth-order valence-electron chi connectivity index (χ4n) is 1.52. The predicted octanol–water partition coefficient (Wildman–Crippen LogP) is 2.22. The van der Waals surface area contributed by atoms with E-state index in [1.807, 2.05) is 30.3 Å². The van der Waals surface area contributed by atoms with Crippen LogP contribution in [0.2, 0.25) is 0 Å². The highest BCUT2D eigenvalue weighted by Crippen LogP contribution is 2.10. The molecule has 0 spiro atoms. The average Bonchev–Trinajstić information content (AvgIpc) is 2.98. The molecule has 0 aliphatic carbocycles. The van der Waals surface area contributed by atoms with Gasteiger partial charge in [-0.05, 0) is 11.6 Å². The Morgan fingerprint density at radius 3 is 2.57 bits per heavy atom. The van der Waals surface area contributed by atoms with Crippen molar-refractivity contribution >= 4 is 30.2 Å². The van der Waals surface area contributed by atoms with Gasteiger partial charge in [0, 0.05) is 19.7 Å². The molecule has 6 nitrogen and oxygen atoms in total. The third kappa shape index (κ3) is 5.58. The molecule has 1 heterocycles. The smallest absolute Gasteiger partial charge is 0.221 e. The molecule has 0 fully saturated rings. The van der Waals surface area contributed by atoms with E-state index in [1.54, 1.807) is 25.4 Å². The number of furan rings is 1. The Morgan fingerprint density at radius 2 is 1.95 bits per heavy atom. The van der Waals surface area contributed by atoms with Crippen LogP contribution in [0.1, 0.15) is 5.56 Å². The van der Waals surface area contributed by atoms with Gasteiger partial charge in [0.25, 0.3) is 0 Å². The van der Waals surface area contributed by atoms with Crippen LogP contribution >= 0.6 is 12.4 Å². The summed E-state index contributed by atoms with van der Waals surface area (Å²) in [6.45, 7) is 0.602. The zero-order valence-corrected chi connectivity index (χ0v) is 12.4. The highest BCUT2D eigenvalue weighted by molar-refractivity contribution is 5.97. The molecule has 2 aromatic rings. The van der Waals surface area contributed by atoms with Crippen LogP contribution in [0.4, 0.5) is 5.88 Å². The lowest BCUT2D eigenvalue weighted by Crippen LogP contribution is -2.44. The summed E-state index contributed by atoms with van der Waals surface area (Å²) in [5, 5.41) is 16.3. The number of rotatable bonds is 3. The van der Waals surface area contributed by atoms with Gasteiger partial charge in [-0.15, -0.1) is 12.4 Å². The summed E-state index contributed by atoms with van der Waals surface area (Å²) in [4.78, 5) is 4.27. The van der Waals surface area contributed by atoms with Crippen molar-refractivity contribution in [3.05, 3.63) is 54.3 Å². The molecule has 0 saturated carbocycles. The van der Waals surface area contributed by atoms with E-state index >= 15 is 0 Å². The van der Waals surface area contributed by atoms with Gasteiger partial charge < -0.3 is 15.1 Å². The summed E-state index contributed by atoms with van der Waals surface area (Å²) < 4.78 is 5.17. The van der Waals surface area contributed by atoms with Crippen molar-refractivity contribution < 1.29 is 4.42 Å². The zero-order valence-electron chi connectivity index (χ0n) is 11.6. The van der Waals surface area contributed by atoms with Gasteiger partial charge in [-0.2, -0.15) is 4.99 Å². The zero-order chi connectivity index (χ0) is 14.2. The Labute approximate surface area is 129 Å². The first-order chi connectivity index (χ1) is 9.78. The van der Waals surface area contributed by atoms with E-state index in [1.165, 1.54) is 0 Å². The first-order valence-electron chi connectivity index (χ1n) is 6.21. The van der Waals surface area contributed by atoms with Gasteiger partial charge in [-0.3, -0.25) is 10.7 Å². The number of halogens is 1. The largest absolute Gasteiger partial charge is 0.447 e. The lowest BCUT2D eigenvalue weighted by Gasteiger charge is -2.12. The number of hydrogen-bond acceptors (Lipinski definition) is 3. The van der Waals surface area contributed by atoms with Crippen LogP contribution in [0, 0.1) is 5.41 Å². The molecule has 21 heavy (non-hydrogen) atoms. The SMILES string of the molecule is CNC(=N)NC(=Nc1ccco1)NCc1ccccc1.Cl. The van der Waals surface area contributed by atoms with Crippen LogP contribution in [-0.2, 0) is 6.54 Å². The molecule has 0 atom stereocenters. The minimum Gasteiger partial charge on any atom is -0.447 e. The van der Waals surface area contributed by atoms with Crippen molar-refractivity contribution in [2.75, 3.05) is 7.05 Å². The maximum Gasteiger partial charge on any atom is 0.221 e. The molecule has 0 radical (unpaired) electrons. The topological polar surface area (TPSA) is 85.4 Å². The Hall–Kier alpha value is -2.47. The highest BCUT2D eigenvalue weighted by Gasteiger charge is 2.03. The summed E-state index contributed by atoms with van der Waals surface area (Å²) in [5.41, 5.74) is 1.12. The Morgan fingerprint density at radius 1 is 1.19 bits per heavy atom. The Bertz CT molecular complexity index is 568. The molecule has 4 N–H and O–H groups in total. The molecule has 0 aliphatic rings. The number of nitrogens with zero attached hydrogens (tertiary/aromatic N) is 1. The molecular weight excluding hydrogens is 290 g/mol. The number of hydrogen-bond donors (Lipinski definition) is 4. The van der Waals surface area contributed by atoms with Crippen LogP contribution < -0.4 is 16.0 Å². The van der Waals surface area contributed by atoms with Crippen molar-refractivity contribution in [2.45, 2.75) is 6.54 Å². The predicted molar refractivity (Wildman–Crippen MR) is 86.3 cm³/mol. The molecule has 2 rings (SSSR count). The molecule has 0 saturated heterocycles. The number of guanidine groups is 2. The van der Waals surface area contributed by atoms with Crippen molar-refractivity contribution in [3.8, 4) is 0 Å². The first-order valence-corrected chi connectivity index (χ1v) is 6.21. The van der Waals surface area contributed by atoms with E-state index < -0.39 is 0 Å². The number of aliphatic imine (C=N–C) groups is 1. The van der Waals surface area contributed by atoms with Crippen LogP contribution in [0.25, 0.3) is 0 Å². The Kier molecular flexibility index (Phi) is 6.83. The van der Waals surface area contributed by atoms with Crippen molar-refractivity contribution in [1.29, 1.82) is 5.41 Å². The van der Waals surface area contributed by atoms with Gasteiger partial charge in [0.15, 0.2) is 5.96 Å². The van der Waals surface area contributed by atoms with E-state index in [0.29, 0.717) is 18.4 Å². The minimum atomic E-state index is 0. The molecule has 112 valence electrons. The van der Waals surface area contributed by atoms with Crippen LogP contribution in [0.15, 0.2) is 58.1 Å². The first kappa shape index (κ1) is 16.6. The van der Waals surface area contributed by atoms with Gasteiger partial charge in [-0.25, -0.2) is 0 Å². The lowest BCUT2D eigenvalue weighted by atomic mass is 10.2. The Balaban J connectivity index is 0.00000220. The number of nitrogens with one attached hydrogen (secondary N) is 4. The monoisotopic (exact) mass is 307 g/mol. The fourth-order valence-corrected chi connectivity index (χ4v) is 1.52. The van der Waals surface area contributed by atoms with E-state index in [9.17, 15) is 0 Å². The molecule has 7 heteroatoms. The van der Waals surface area contributed by atoms with Crippen molar-refractivity contribution in [1.82, 2.24) is 16.0 Å². The third-order valence-corrected chi connectivity index (χ3v) is 2.52. The average molecular weight is 308 g/mol. The molecule has 0 aliphatic heterocycles. The quantitative estimate of drug-likeness (QED) is 0.517. The molecule has 0 bridgehead atoms. The van der Waals surface area contributed by atoms with Gasteiger partial charge in [0.2, 0.25) is 11.8 Å². The van der Waals surface area contributed by atoms with Gasteiger partial charge in [0.05, 0.1) is 6.26 Å². The second-order valence-corrected chi connectivity index (χ2v) is 4.00. The molecular formula is C14H18ClN5O. The summed E-state index contributed by atoms with van der Waals surface area (Å²) in [5.74, 6) is 1.07. The van der Waals surface area contributed by atoms with Crippen molar-refractivity contribution in [2.24, 2.45) is 4.99 Å². The summed E-state index contributed by atoms with van der Waals surface area (Å²) in [7, 11) is 1.66. The molecule has 0 amide bonds. The molecule has 1 aromatic carbocycles. The third-order valence-electron chi connectivity index (χ3n) is 2.52. The second kappa shape index (κ2) is 8.65. The van der Waals surface area contributed by atoms with E-state index in [2.05, 4.69) is 20.9 Å². The van der Waals surface area contributed by atoms with Gasteiger partial charge >= 0.3 is 0 Å². The highest BCUT2D eigenvalue weighted by atomic mass is 35.5. The lowest BCUT2D eigenvalue weighted by molar-refractivity contribution is 0.576. The standard InChI is InChI=1S/C14H17N5O.ClH/c1-16-13(15)19-14(18-12-8-5-9-20-12)17-10-11-6-3-2-4-7-11;/h2-9H,10H2,1H3,(H4,15,16,17,18,19);1H. The van der Waals surface area contributed by atoms with Crippen molar-refractivity contribution in [3.63, 3.8) is 0 Å². The molecule has 1 aromatic heterocycles. The summed E-state index contributed by atoms with van der Waals surface area (Å²) in [6, 6.07) is 13.5. The van der Waals surface area contributed by atoms with E-state index in [0.717, 1.165) is 5.56 Å². The van der Waals surface area contributed by atoms with Gasteiger partial charge in [-0.1, -0.05) is 30.3 Å². The van der Waals surface area contributed by atoms with Crippen LogP contribution in [0.5, 0.6) is 0 Å². The minimum absolute atomic E-state index is 0. The van der Waals surface area contributed by atoms with Crippen LogP contribution in [-0.4, -0.2) is 19.0 Å². The second-order valence-electron chi connectivity index (χ2n) is 4.00. The van der Waals surface area contributed by atoms with E-state index in [4.69, 9.17) is 9.83 Å². The normalized spacial score (nSPS) is 10.4. The maximum absolute atomic E-state index is 7.61. The summed E-state index contributed by atoms with van der Waals surface area (Å²) >= 11 is 0.